The van der Waals surface area contributed by atoms with Gasteiger partial charge in [-0.05, 0) is 43.0 Å². The fourth-order valence-corrected chi connectivity index (χ4v) is 2.23. The molecule has 0 aliphatic rings. The molecular weight excluding hydrogens is 322 g/mol. The minimum absolute atomic E-state index is 0.0140. The van der Waals surface area contributed by atoms with Crippen LogP contribution in [0.4, 0.5) is 0 Å². The summed E-state index contributed by atoms with van der Waals surface area (Å²) in [6, 6.07) is 5.73. The Balaban J connectivity index is 2.55. The lowest BCUT2D eigenvalue weighted by Crippen LogP contribution is -2.38. The number of amides is 1. The SMILES string of the molecule is COc1ccc(Br)cc1CCC(=O)NC(C)C(C)CO. The van der Waals surface area contributed by atoms with Gasteiger partial charge in [-0.3, -0.25) is 4.79 Å². The number of aryl methyl sites for hydroxylation is 1. The van der Waals surface area contributed by atoms with Crippen LogP contribution in [0.25, 0.3) is 0 Å². The van der Waals surface area contributed by atoms with E-state index in [1.165, 1.54) is 0 Å². The summed E-state index contributed by atoms with van der Waals surface area (Å²) >= 11 is 3.42. The van der Waals surface area contributed by atoms with E-state index in [4.69, 9.17) is 9.84 Å². The van der Waals surface area contributed by atoms with Gasteiger partial charge in [-0.2, -0.15) is 0 Å². The number of carbonyl (C=O) groups excluding carboxylic acids is 1. The Bertz CT molecular complexity index is 451. The van der Waals surface area contributed by atoms with Crippen molar-refractivity contribution < 1.29 is 14.6 Å². The Labute approximate surface area is 128 Å². The van der Waals surface area contributed by atoms with Crippen molar-refractivity contribution in [3.63, 3.8) is 0 Å². The number of ether oxygens (including phenoxy) is 1. The lowest BCUT2D eigenvalue weighted by Gasteiger charge is -2.19. The first kappa shape index (κ1) is 17.0. The fraction of sp³-hybridized carbons (Fsp3) is 0.533. The molecule has 0 aromatic heterocycles. The quantitative estimate of drug-likeness (QED) is 0.799. The van der Waals surface area contributed by atoms with Gasteiger partial charge < -0.3 is 15.2 Å². The summed E-state index contributed by atoms with van der Waals surface area (Å²) in [6.07, 6.45) is 1.02. The van der Waals surface area contributed by atoms with Gasteiger partial charge in [0.05, 0.1) is 7.11 Å². The summed E-state index contributed by atoms with van der Waals surface area (Å²) in [4.78, 5) is 11.9. The van der Waals surface area contributed by atoms with Gasteiger partial charge in [0.25, 0.3) is 0 Å². The van der Waals surface area contributed by atoms with Gasteiger partial charge in [0.1, 0.15) is 5.75 Å². The van der Waals surface area contributed by atoms with Gasteiger partial charge >= 0.3 is 0 Å². The smallest absolute Gasteiger partial charge is 0.220 e. The van der Waals surface area contributed by atoms with E-state index < -0.39 is 0 Å². The van der Waals surface area contributed by atoms with Gasteiger partial charge in [-0.25, -0.2) is 0 Å². The third-order valence-corrected chi connectivity index (χ3v) is 3.89. The zero-order chi connectivity index (χ0) is 15.1. The summed E-state index contributed by atoms with van der Waals surface area (Å²) in [6.45, 7) is 3.88. The van der Waals surface area contributed by atoms with Gasteiger partial charge in [-0.1, -0.05) is 22.9 Å². The maximum absolute atomic E-state index is 11.9. The fourth-order valence-electron chi connectivity index (χ4n) is 1.82. The number of nitrogens with one attached hydrogen (secondary N) is 1. The summed E-state index contributed by atoms with van der Waals surface area (Å²) in [5, 5.41) is 12.0. The van der Waals surface area contributed by atoms with Crippen molar-refractivity contribution in [3.05, 3.63) is 28.2 Å². The van der Waals surface area contributed by atoms with E-state index in [0.29, 0.717) is 12.8 Å². The Kier molecular flexibility index (Phi) is 7.02. The van der Waals surface area contributed by atoms with E-state index in [2.05, 4.69) is 21.2 Å². The third kappa shape index (κ3) is 5.13. The Morgan fingerprint density at radius 3 is 2.75 bits per heavy atom. The van der Waals surface area contributed by atoms with Crippen LogP contribution in [-0.2, 0) is 11.2 Å². The molecule has 4 nitrogen and oxygen atoms in total. The zero-order valence-corrected chi connectivity index (χ0v) is 13.7. The second kappa shape index (κ2) is 8.27. The van der Waals surface area contributed by atoms with E-state index in [9.17, 15) is 4.79 Å². The number of methoxy groups -OCH3 is 1. The Morgan fingerprint density at radius 1 is 1.45 bits per heavy atom. The van der Waals surface area contributed by atoms with Crippen molar-refractivity contribution in [1.82, 2.24) is 5.32 Å². The second-order valence-corrected chi connectivity index (χ2v) is 5.89. The average Bonchev–Trinajstić information content (AvgIpc) is 2.44. The molecule has 2 atom stereocenters. The third-order valence-electron chi connectivity index (χ3n) is 3.39. The van der Waals surface area contributed by atoms with Crippen LogP contribution >= 0.6 is 15.9 Å². The molecule has 0 bridgehead atoms. The molecule has 0 fully saturated rings. The molecule has 0 saturated heterocycles. The molecule has 2 unspecified atom stereocenters. The number of hydrogen-bond acceptors (Lipinski definition) is 3. The van der Waals surface area contributed by atoms with Crippen molar-refractivity contribution in [3.8, 4) is 5.75 Å². The van der Waals surface area contributed by atoms with Crippen LogP contribution in [-0.4, -0.2) is 30.8 Å². The lowest BCUT2D eigenvalue weighted by molar-refractivity contribution is -0.122. The minimum Gasteiger partial charge on any atom is -0.496 e. The van der Waals surface area contributed by atoms with Crippen LogP contribution in [0.15, 0.2) is 22.7 Å². The van der Waals surface area contributed by atoms with Crippen LogP contribution in [0, 0.1) is 5.92 Å². The highest BCUT2D eigenvalue weighted by Gasteiger charge is 2.14. The van der Waals surface area contributed by atoms with E-state index >= 15 is 0 Å². The second-order valence-electron chi connectivity index (χ2n) is 4.97. The molecule has 0 radical (unpaired) electrons. The zero-order valence-electron chi connectivity index (χ0n) is 12.1. The summed E-state index contributed by atoms with van der Waals surface area (Å²) in [7, 11) is 1.62. The number of rotatable bonds is 7. The number of hydrogen-bond donors (Lipinski definition) is 2. The number of aliphatic hydroxyl groups excluding tert-OH is 1. The Hall–Kier alpha value is -1.07. The summed E-state index contributed by atoms with van der Waals surface area (Å²) < 4.78 is 6.25. The van der Waals surface area contributed by atoms with Crippen molar-refractivity contribution in [1.29, 1.82) is 0 Å². The average molecular weight is 344 g/mol. The minimum atomic E-state index is -0.0306. The number of carbonyl (C=O) groups is 1. The van der Waals surface area contributed by atoms with Gasteiger partial charge in [0, 0.05) is 23.5 Å². The molecule has 0 saturated carbocycles. The Morgan fingerprint density at radius 2 is 2.15 bits per heavy atom. The molecule has 20 heavy (non-hydrogen) atoms. The number of aliphatic hydroxyl groups is 1. The molecule has 1 aromatic carbocycles. The first-order chi connectivity index (χ1) is 9.47. The van der Waals surface area contributed by atoms with E-state index in [1.54, 1.807) is 7.11 Å². The van der Waals surface area contributed by atoms with Crippen LogP contribution in [0.5, 0.6) is 5.75 Å². The van der Waals surface area contributed by atoms with Gasteiger partial charge in [0.15, 0.2) is 0 Å². The largest absolute Gasteiger partial charge is 0.496 e. The lowest BCUT2D eigenvalue weighted by atomic mass is 10.0. The number of halogens is 1. The molecule has 0 aliphatic heterocycles. The maximum atomic E-state index is 11.9. The van der Waals surface area contributed by atoms with Crippen molar-refractivity contribution in [2.45, 2.75) is 32.7 Å². The van der Waals surface area contributed by atoms with E-state index in [0.717, 1.165) is 15.8 Å². The maximum Gasteiger partial charge on any atom is 0.220 e. The predicted molar refractivity (Wildman–Crippen MR) is 82.9 cm³/mol. The summed E-state index contributed by atoms with van der Waals surface area (Å²) in [5.41, 5.74) is 1.000. The molecule has 2 N–H and O–H groups in total. The highest BCUT2D eigenvalue weighted by molar-refractivity contribution is 9.10. The summed E-state index contributed by atoms with van der Waals surface area (Å²) in [5.74, 6) is 0.831. The van der Waals surface area contributed by atoms with E-state index in [1.807, 2.05) is 32.0 Å². The highest BCUT2D eigenvalue weighted by atomic mass is 79.9. The van der Waals surface area contributed by atoms with Crippen LogP contribution in [0.3, 0.4) is 0 Å². The first-order valence-corrected chi connectivity index (χ1v) is 7.49. The van der Waals surface area contributed by atoms with Crippen molar-refractivity contribution in [2.75, 3.05) is 13.7 Å². The van der Waals surface area contributed by atoms with E-state index in [-0.39, 0.29) is 24.5 Å². The predicted octanol–water partition coefficient (Wildman–Crippen LogP) is 2.52. The first-order valence-electron chi connectivity index (χ1n) is 6.70. The van der Waals surface area contributed by atoms with Crippen LogP contribution in [0.1, 0.15) is 25.8 Å². The number of benzene rings is 1. The molecule has 1 aromatic rings. The highest BCUT2D eigenvalue weighted by Crippen LogP contribution is 2.24. The van der Waals surface area contributed by atoms with Crippen LogP contribution in [0.2, 0.25) is 0 Å². The van der Waals surface area contributed by atoms with Gasteiger partial charge in [-0.15, -0.1) is 0 Å². The standard InChI is InChI=1S/C15H22BrNO3/c1-10(9-18)11(2)17-15(19)7-4-12-8-13(16)5-6-14(12)20-3/h5-6,8,10-11,18H,4,7,9H2,1-3H3,(H,17,19). The van der Waals surface area contributed by atoms with Crippen molar-refractivity contribution in [2.24, 2.45) is 5.92 Å². The molecule has 5 heteroatoms. The monoisotopic (exact) mass is 343 g/mol. The topological polar surface area (TPSA) is 58.6 Å². The molecule has 0 spiro atoms. The molecule has 1 amide bonds. The van der Waals surface area contributed by atoms with Gasteiger partial charge in [0.2, 0.25) is 5.91 Å². The molecule has 112 valence electrons. The van der Waals surface area contributed by atoms with Crippen LogP contribution < -0.4 is 10.1 Å². The van der Waals surface area contributed by atoms with Crippen molar-refractivity contribution >= 4 is 21.8 Å². The molecule has 1 rings (SSSR count). The molecule has 0 heterocycles. The molecular formula is C15H22BrNO3. The molecule has 0 aliphatic carbocycles. The normalized spacial score (nSPS) is 13.7.